The van der Waals surface area contributed by atoms with E-state index >= 15 is 0 Å². The van der Waals surface area contributed by atoms with Crippen LogP contribution in [0.15, 0.2) is 35.7 Å². The van der Waals surface area contributed by atoms with Crippen molar-refractivity contribution in [3.8, 4) is 0 Å². The maximum Gasteiger partial charge on any atom is 0.416 e. The van der Waals surface area contributed by atoms with E-state index in [2.05, 4.69) is 0 Å². The van der Waals surface area contributed by atoms with Crippen molar-refractivity contribution in [1.29, 1.82) is 0 Å². The summed E-state index contributed by atoms with van der Waals surface area (Å²) in [5.74, 6) is 0. The molecule has 1 heterocycles. The van der Waals surface area contributed by atoms with Crippen molar-refractivity contribution in [2.45, 2.75) is 12.3 Å². The van der Waals surface area contributed by atoms with Gasteiger partial charge in [-0.2, -0.15) is 13.2 Å². The van der Waals surface area contributed by atoms with E-state index in [1.165, 1.54) is 23.5 Å². The lowest BCUT2D eigenvalue weighted by Gasteiger charge is -2.13. The van der Waals surface area contributed by atoms with Crippen LogP contribution in [0.5, 0.6) is 0 Å². The van der Waals surface area contributed by atoms with Crippen LogP contribution in [0.2, 0.25) is 5.02 Å². The molecule has 1 N–H and O–H groups in total. The van der Waals surface area contributed by atoms with E-state index in [4.69, 9.17) is 11.6 Å². The van der Waals surface area contributed by atoms with E-state index < -0.39 is 17.8 Å². The Bertz CT molecular complexity index is 550. The normalized spacial score (nSPS) is 13.6. The Morgan fingerprint density at radius 3 is 2.50 bits per heavy atom. The number of thiophene rings is 1. The number of hydrogen-bond acceptors (Lipinski definition) is 2. The molecule has 1 aromatic heterocycles. The van der Waals surface area contributed by atoms with Gasteiger partial charge in [-0.05, 0) is 29.1 Å². The highest BCUT2D eigenvalue weighted by atomic mass is 35.5. The first-order valence-electron chi connectivity index (χ1n) is 4.97. The van der Waals surface area contributed by atoms with Gasteiger partial charge in [-0.25, -0.2) is 0 Å². The molecule has 0 saturated heterocycles. The molecule has 1 atom stereocenters. The Morgan fingerprint density at radius 1 is 1.22 bits per heavy atom. The fourth-order valence-corrected chi connectivity index (χ4v) is 2.71. The van der Waals surface area contributed by atoms with Gasteiger partial charge in [0.1, 0.15) is 6.10 Å². The first kappa shape index (κ1) is 13.4. The SMILES string of the molecule is OC(c1cccc(C(F)(F)F)c1)c1sccc1Cl. The van der Waals surface area contributed by atoms with Crippen molar-refractivity contribution >= 4 is 22.9 Å². The van der Waals surface area contributed by atoms with Gasteiger partial charge in [-0.1, -0.05) is 23.7 Å². The van der Waals surface area contributed by atoms with Crippen LogP contribution in [-0.2, 0) is 6.18 Å². The van der Waals surface area contributed by atoms with Gasteiger partial charge in [0.05, 0.1) is 15.5 Å². The molecule has 96 valence electrons. The summed E-state index contributed by atoms with van der Waals surface area (Å²) in [5.41, 5.74) is -0.610. The summed E-state index contributed by atoms with van der Waals surface area (Å²) in [6, 6.07) is 6.20. The molecule has 0 fully saturated rings. The number of benzene rings is 1. The number of rotatable bonds is 2. The van der Waals surface area contributed by atoms with Crippen LogP contribution >= 0.6 is 22.9 Å². The summed E-state index contributed by atoms with van der Waals surface area (Å²) < 4.78 is 37.6. The third-order valence-electron chi connectivity index (χ3n) is 2.42. The molecule has 0 radical (unpaired) electrons. The number of aliphatic hydroxyl groups excluding tert-OH is 1. The molecule has 0 bridgehead atoms. The topological polar surface area (TPSA) is 20.2 Å². The van der Waals surface area contributed by atoms with Crippen LogP contribution in [0.4, 0.5) is 13.2 Å². The van der Waals surface area contributed by atoms with Gasteiger partial charge in [0.25, 0.3) is 0 Å². The van der Waals surface area contributed by atoms with Crippen molar-refractivity contribution in [2.24, 2.45) is 0 Å². The molecule has 2 rings (SSSR count). The number of halogens is 4. The van der Waals surface area contributed by atoms with Crippen molar-refractivity contribution in [3.05, 3.63) is 56.7 Å². The summed E-state index contributed by atoms with van der Waals surface area (Å²) in [4.78, 5) is 0.441. The van der Waals surface area contributed by atoms with Gasteiger partial charge in [0.2, 0.25) is 0 Å². The molecule has 0 aliphatic carbocycles. The van der Waals surface area contributed by atoms with E-state index in [-0.39, 0.29) is 5.56 Å². The van der Waals surface area contributed by atoms with Crippen molar-refractivity contribution in [2.75, 3.05) is 0 Å². The standard InChI is InChI=1S/C12H8ClF3OS/c13-9-4-5-18-11(9)10(17)7-2-1-3-8(6-7)12(14,15)16/h1-6,10,17H. The quantitative estimate of drug-likeness (QED) is 0.864. The lowest BCUT2D eigenvalue weighted by Crippen LogP contribution is -2.07. The molecular formula is C12H8ClF3OS. The summed E-state index contributed by atoms with van der Waals surface area (Å²) in [6.07, 6.45) is -5.56. The van der Waals surface area contributed by atoms with E-state index in [0.717, 1.165) is 12.1 Å². The number of alkyl halides is 3. The number of hydrogen-bond donors (Lipinski definition) is 1. The van der Waals surface area contributed by atoms with Gasteiger partial charge in [0.15, 0.2) is 0 Å². The van der Waals surface area contributed by atoms with Crippen molar-refractivity contribution in [1.82, 2.24) is 0 Å². The highest BCUT2D eigenvalue weighted by molar-refractivity contribution is 7.10. The van der Waals surface area contributed by atoms with Crippen LogP contribution < -0.4 is 0 Å². The molecule has 0 aliphatic rings. The Kier molecular flexibility index (Phi) is 3.66. The van der Waals surface area contributed by atoms with E-state index in [9.17, 15) is 18.3 Å². The van der Waals surface area contributed by atoms with Gasteiger partial charge in [-0.3, -0.25) is 0 Å². The summed E-state index contributed by atoms with van der Waals surface area (Å²) >= 11 is 7.05. The number of aliphatic hydroxyl groups is 1. The molecule has 2 aromatic rings. The minimum absolute atomic E-state index is 0.175. The molecule has 1 nitrogen and oxygen atoms in total. The second-order valence-corrected chi connectivity index (χ2v) is 5.01. The van der Waals surface area contributed by atoms with Crippen LogP contribution in [-0.4, -0.2) is 5.11 Å². The van der Waals surface area contributed by atoms with Crippen LogP contribution in [0.1, 0.15) is 22.1 Å². The summed E-state index contributed by atoms with van der Waals surface area (Å²) in [7, 11) is 0. The zero-order chi connectivity index (χ0) is 13.3. The third-order valence-corrected chi connectivity index (χ3v) is 3.83. The monoisotopic (exact) mass is 292 g/mol. The average molecular weight is 293 g/mol. The molecule has 6 heteroatoms. The predicted octanol–water partition coefficient (Wildman–Crippen LogP) is 4.50. The summed E-state index contributed by atoms with van der Waals surface area (Å²) in [6.45, 7) is 0. The molecule has 1 aromatic carbocycles. The second kappa shape index (κ2) is 4.91. The smallest absolute Gasteiger partial charge is 0.383 e. The largest absolute Gasteiger partial charge is 0.416 e. The molecule has 18 heavy (non-hydrogen) atoms. The Balaban J connectivity index is 2.38. The van der Waals surface area contributed by atoms with Gasteiger partial charge in [0, 0.05) is 0 Å². The minimum atomic E-state index is -4.42. The predicted molar refractivity (Wildman–Crippen MR) is 64.8 cm³/mol. The van der Waals surface area contributed by atoms with Crippen molar-refractivity contribution < 1.29 is 18.3 Å². The maximum absolute atomic E-state index is 12.5. The molecule has 0 spiro atoms. The van der Waals surface area contributed by atoms with E-state index in [0.29, 0.717) is 9.90 Å². The fraction of sp³-hybridized carbons (Fsp3) is 0.167. The van der Waals surface area contributed by atoms with Gasteiger partial charge in [-0.15, -0.1) is 11.3 Å². The van der Waals surface area contributed by atoms with Crippen LogP contribution in [0.3, 0.4) is 0 Å². The lowest BCUT2D eigenvalue weighted by atomic mass is 10.0. The zero-order valence-electron chi connectivity index (χ0n) is 8.91. The van der Waals surface area contributed by atoms with Crippen LogP contribution in [0.25, 0.3) is 0 Å². The molecule has 1 unspecified atom stereocenters. The summed E-state index contributed by atoms with van der Waals surface area (Å²) in [5, 5.41) is 12.0. The van der Waals surface area contributed by atoms with Gasteiger partial charge >= 0.3 is 6.18 Å². The third kappa shape index (κ3) is 2.68. The highest BCUT2D eigenvalue weighted by Gasteiger charge is 2.31. The second-order valence-electron chi connectivity index (χ2n) is 3.66. The van der Waals surface area contributed by atoms with E-state index in [1.807, 2.05) is 0 Å². The fourth-order valence-electron chi connectivity index (χ4n) is 1.54. The van der Waals surface area contributed by atoms with Crippen molar-refractivity contribution in [3.63, 3.8) is 0 Å². The van der Waals surface area contributed by atoms with Gasteiger partial charge < -0.3 is 5.11 Å². The first-order chi connectivity index (χ1) is 8.39. The molecule has 0 aliphatic heterocycles. The Morgan fingerprint density at radius 2 is 1.94 bits per heavy atom. The molecule has 0 amide bonds. The molecule has 0 saturated carbocycles. The van der Waals surface area contributed by atoms with Crippen LogP contribution in [0, 0.1) is 0 Å². The first-order valence-corrected chi connectivity index (χ1v) is 6.23. The molecular weight excluding hydrogens is 285 g/mol. The zero-order valence-corrected chi connectivity index (χ0v) is 10.5. The van der Waals surface area contributed by atoms with E-state index in [1.54, 1.807) is 11.4 Å². The Hall–Kier alpha value is -1.04. The maximum atomic E-state index is 12.5. The average Bonchev–Trinajstić information content (AvgIpc) is 2.73. The minimum Gasteiger partial charge on any atom is -0.383 e. The Labute approximate surface area is 110 Å². The lowest BCUT2D eigenvalue weighted by molar-refractivity contribution is -0.137. The highest BCUT2D eigenvalue weighted by Crippen LogP contribution is 2.35.